The second kappa shape index (κ2) is 3.50. The first kappa shape index (κ1) is 8.75. The summed E-state index contributed by atoms with van der Waals surface area (Å²) in [6, 6.07) is 0. The van der Waals surface area contributed by atoms with E-state index in [4.69, 9.17) is 0 Å². The summed E-state index contributed by atoms with van der Waals surface area (Å²) in [6.07, 6.45) is 3.08. The number of hydrogen-bond acceptors (Lipinski definition) is 3. The summed E-state index contributed by atoms with van der Waals surface area (Å²) in [7, 11) is 2.08. The molecule has 0 fully saturated rings. The molecular weight excluding hydrogens is 162 g/mol. The Morgan fingerprint density at radius 1 is 1.46 bits per heavy atom. The molecule has 0 bridgehead atoms. The smallest absolute Gasteiger partial charge is 0.0908 e. The lowest BCUT2D eigenvalue weighted by Crippen LogP contribution is -2.36. The topological polar surface area (TPSA) is 18.8 Å². The van der Waals surface area contributed by atoms with E-state index in [-0.39, 0.29) is 0 Å². The number of rotatable bonds is 1. The highest BCUT2D eigenvalue weighted by molar-refractivity contribution is 5.59. The van der Waals surface area contributed by atoms with E-state index in [0.717, 1.165) is 26.1 Å². The fourth-order valence-corrected chi connectivity index (χ4v) is 1.96. The van der Waals surface area contributed by atoms with Gasteiger partial charge >= 0.3 is 0 Å². The van der Waals surface area contributed by atoms with Crippen molar-refractivity contribution in [3.8, 4) is 0 Å². The molecule has 0 unspecified atom stereocenters. The van der Waals surface area contributed by atoms with E-state index in [0.29, 0.717) is 0 Å². The maximum atomic E-state index is 4.46. The molecule has 0 spiro atoms. The molecule has 0 aliphatic carbocycles. The molecule has 0 saturated carbocycles. The molecule has 2 aliphatic rings. The van der Waals surface area contributed by atoms with Crippen molar-refractivity contribution in [3.05, 3.63) is 11.3 Å². The minimum atomic E-state index is 1.06. The lowest BCUT2D eigenvalue weighted by molar-refractivity contribution is 0.289. The largest absolute Gasteiger partial charge is 0.362 e. The minimum Gasteiger partial charge on any atom is -0.362 e. The number of aliphatic imine (C=N–C) groups is 1. The summed E-state index contributed by atoms with van der Waals surface area (Å²) in [4.78, 5) is 9.09. The molecule has 3 heteroatoms. The van der Waals surface area contributed by atoms with Crippen LogP contribution in [0.2, 0.25) is 0 Å². The summed E-state index contributed by atoms with van der Waals surface area (Å²) in [5.74, 6) is 0. The van der Waals surface area contributed by atoms with Gasteiger partial charge in [0.2, 0.25) is 0 Å². The fourth-order valence-electron chi connectivity index (χ4n) is 1.96. The Hall–Kier alpha value is -0.830. The molecule has 0 aromatic rings. The van der Waals surface area contributed by atoms with Gasteiger partial charge in [0.15, 0.2) is 0 Å². The van der Waals surface area contributed by atoms with Crippen LogP contribution in [-0.4, -0.2) is 49.4 Å². The average Bonchev–Trinajstić information content (AvgIpc) is 2.16. The Bertz CT molecular complexity index is 255. The van der Waals surface area contributed by atoms with Crippen LogP contribution in [0, 0.1) is 0 Å². The zero-order valence-electron chi connectivity index (χ0n) is 8.45. The van der Waals surface area contributed by atoms with Crippen LogP contribution in [0.5, 0.6) is 0 Å². The van der Waals surface area contributed by atoms with Crippen LogP contribution < -0.4 is 0 Å². The summed E-state index contributed by atoms with van der Waals surface area (Å²) in [5, 5.41) is 0. The number of nitrogens with zero attached hydrogens (tertiary/aromatic N) is 3. The van der Waals surface area contributed by atoms with Crippen molar-refractivity contribution in [1.82, 2.24) is 9.80 Å². The van der Waals surface area contributed by atoms with Crippen LogP contribution >= 0.6 is 0 Å². The van der Waals surface area contributed by atoms with E-state index < -0.39 is 0 Å². The Labute approximate surface area is 79.7 Å². The zero-order chi connectivity index (χ0) is 9.26. The predicted molar refractivity (Wildman–Crippen MR) is 54.9 cm³/mol. The first-order chi connectivity index (χ1) is 6.29. The van der Waals surface area contributed by atoms with Crippen molar-refractivity contribution < 1.29 is 0 Å². The normalized spacial score (nSPS) is 23.7. The van der Waals surface area contributed by atoms with Crippen LogP contribution in [0.3, 0.4) is 0 Å². The molecule has 0 atom stereocenters. The van der Waals surface area contributed by atoms with E-state index in [1.807, 2.05) is 6.34 Å². The summed E-state index contributed by atoms with van der Waals surface area (Å²) in [6.45, 7) is 6.74. The second-order valence-corrected chi connectivity index (χ2v) is 3.83. The van der Waals surface area contributed by atoms with E-state index >= 15 is 0 Å². The van der Waals surface area contributed by atoms with Gasteiger partial charge in [-0.2, -0.15) is 0 Å². The average molecular weight is 179 g/mol. The van der Waals surface area contributed by atoms with Gasteiger partial charge in [-0.3, -0.25) is 4.90 Å². The number of likely N-dealkylation sites (N-methyl/N-ethyl adjacent to an activating group) is 2. The summed E-state index contributed by atoms with van der Waals surface area (Å²) >= 11 is 0. The first-order valence-electron chi connectivity index (χ1n) is 4.97. The van der Waals surface area contributed by atoms with E-state index in [2.05, 4.69) is 28.8 Å². The van der Waals surface area contributed by atoms with Crippen molar-refractivity contribution in [2.45, 2.75) is 13.3 Å². The molecule has 0 N–H and O–H groups in total. The van der Waals surface area contributed by atoms with Gasteiger partial charge in [0.05, 0.1) is 6.34 Å². The molecule has 2 aliphatic heterocycles. The second-order valence-electron chi connectivity index (χ2n) is 3.83. The molecule has 0 aromatic carbocycles. The SMILES string of the molecule is CCN1CCC2=C(CN(C)C=N2)C1. The molecule has 72 valence electrons. The van der Waals surface area contributed by atoms with E-state index in [9.17, 15) is 0 Å². The lowest BCUT2D eigenvalue weighted by Gasteiger charge is -2.32. The molecular formula is C10H17N3. The van der Waals surface area contributed by atoms with Crippen molar-refractivity contribution in [2.75, 3.05) is 33.2 Å². The van der Waals surface area contributed by atoms with E-state index in [1.165, 1.54) is 17.8 Å². The molecule has 0 amide bonds. The Balaban J connectivity index is 2.11. The van der Waals surface area contributed by atoms with E-state index in [1.54, 1.807) is 0 Å². The van der Waals surface area contributed by atoms with Crippen LogP contribution in [-0.2, 0) is 0 Å². The van der Waals surface area contributed by atoms with Gasteiger partial charge in [0, 0.05) is 38.8 Å². The maximum Gasteiger partial charge on any atom is 0.0908 e. The Morgan fingerprint density at radius 2 is 2.31 bits per heavy atom. The Morgan fingerprint density at radius 3 is 3.08 bits per heavy atom. The molecule has 0 saturated heterocycles. The van der Waals surface area contributed by atoms with Crippen molar-refractivity contribution >= 4 is 6.34 Å². The fraction of sp³-hybridized carbons (Fsp3) is 0.700. The quantitative estimate of drug-likeness (QED) is 0.596. The van der Waals surface area contributed by atoms with Gasteiger partial charge in [0.25, 0.3) is 0 Å². The van der Waals surface area contributed by atoms with Crippen LogP contribution in [0.4, 0.5) is 0 Å². The van der Waals surface area contributed by atoms with Crippen molar-refractivity contribution in [2.24, 2.45) is 4.99 Å². The van der Waals surface area contributed by atoms with Gasteiger partial charge in [-0.15, -0.1) is 0 Å². The molecule has 3 nitrogen and oxygen atoms in total. The first-order valence-corrected chi connectivity index (χ1v) is 4.97. The number of hydrogen-bond donors (Lipinski definition) is 0. The highest BCUT2D eigenvalue weighted by Crippen LogP contribution is 2.21. The maximum absolute atomic E-state index is 4.46. The highest BCUT2D eigenvalue weighted by atomic mass is 15.2. The summed E-state index contributed by atoms with van der Waals surface area (Å²) in [5.41, 5.74) is 2.85. The molecule has 13 heavy (non-hydrogen) atoms. The van der Waals surface area contributed by atoms with Crippen molar-refractivity contribution in [1.29, 1.82) is 0 Å². The molecule has 2 rings (SSSR count). The van der Waals surface area contributed by atoms with Gasteiger partial charge < -0.3 is 4.90 Å². The third-order valence-electron chi connectivity index (χ3n) is 2.79. The zero-order valence-corrected chi connectivity index (χ0v) is 8.45. The van der Waals surface area contributed by atoms with Gasteiger partial charge in [-0.1, -0.05) is 6.92 Å². The minimum absolute atomic E-state index is 1.06. The lowest BCUT2D eigenvalue weighted by atomic mass is 10.1. The van der Waals surface area contributed by atoms with Crippen molar-refractivity contribution in [3.63, 3.8) is 0 Å². The third-order valence-corrected chi connectivity index (χ3v) is 2.79. The van der Waals surface area contributed by atoms with Gasteiger partial charge in [-0.05, 0) is 12.1 Å². The van der Waals surface area contributed by atoms with Crippen LogP contribution in [0.1, 0.15) is 13.3 Å². The highest BCUT2D eigenvalue weighted by Gasteiger charge is 2.20. The van der Waals surface area contributed by atoms with Crippen LogP contribution in [0.15, 0.2) is 16.3 Å². The van der Waals surface area contributed by atoms with Crippen LogP contribution in [0.25, 0.3) is 0 Å². The summed E-state index contributed by atoms with van der Waals surface area (Å²) < 4.78 is 0. The van der Waals surface area contributed by atoms with Gasteiger partial charge in [0.1, 0.15) is 0 Å². The monoisotopic (exact) mass is 179 g/mol. The molecule has 0 aromatic heterocycles. The van der Waals surface area contributed by atoms with Gasteiger partial charge in [-0.25, -0.2) is 4.99 Å². The molecule has 0 radical (unpaired) electrons. The predicted octanol–water partition coefficient (Wildman–Crippen LogP) is 0.940. The molecule has 2 heterocycles. The third kappa shape index (κ3) is 1.75. The standard InChI is InChI=1S/C10H17N3/c1-3-13-5-4-10-9(7-13)6-12(2)8-11-10/h8H,3-7H2,1-2H3. The Kier molecular flexibility index (Phi) is 2.36.